The number of aliphatic carboxylic acids is 1. The van der Waals surface area contributed by atoms with Gasteiger partial charge in [0.05, 0.1) is 0 Å². The molecular formula is C22H26O4. The van der Waals surface area contributed by atoms with E-state index in [9.17, 15) is 9.59 Å². The van der Waals surface area contributed by atoms with Crippen LogP contribution in [-0.4, -0.2) is 17.5 Å². The highest BCUT2D eigenvalue weighted by atomic mass is 16.5. The Bertz CT molecular complexity index is 710. The van der Waals surface area contributed by atoms with Crippen LogP contribution >= 0.6 is 0 Å². The lowest BCUT2D eigenvalue weighted by atomic mass is 10.0. The molecule has 0 atom stereocenters. The molecule has 0 saturated heterocycles. The molecule has 0 aromatic heterocycles. The number of carboxylic acid groups (broad SMARTS) is 1. The van der Waals surface area contributed by atoms with Crippen LogP contribution < -0.4 is 4.74 Å². The molecule has 4 nitrogen and oxygen atoms in total. The van der Waals surface area contributed by atoms with Crippen molar-refractivity contribution >= 4 is 12.4 Å². The summed E-state index contributed by atoms with van der Waals surface area (Å²) in [6.07, 6.45) is 0. The van der Waals surface area contributed by atoms with Crippen LogP contribution in [0.4, 0.5) is 0 Å². The van der Waals surface area contributed by atoms with Crippen molar-refractivity contribution < 1.29 is 19.4 Å². The van der Waals surface area contributed by atoms with E-state index in [0.29, 0.717) is 12.2 Å². The number of aryl methyl sites for hydroxylation is 1. The molecule has 2 aromatic carbocycles. The van der Waals surface area contributed by atoms with Gasteiger partial charge in [0.2, 0.25) is 0 Å². The zero-order chi connectivity index (χ0) is 20.1. The van der Waals surface area contributed by atoms with Crippen molar-refractivity contribution in [1.29, 1.82) is 0 Å². The number of hydrogen-bond donors (Lipinski definition) is 1. The Morgan fingerprint density at radius 2 is 1.27 bits per heavy atom. The Balaban J connectivity index is 0.000000522. The van der Waals surface area contributed by atoms with Gasteiger partial charge in [-0.25, -0.2) is 4.79 Å². The monoisotopic (exact) mass is 354 g/mol. The van der Waals surface area contributed by atoms with Gasteiger partial charge in [0.25, 0.3) is 6.47 Å². The van der Waals surface area contributed by atoms with E-state index in [1.165, 1.54) is 18.1 Å². The molecule has 2 rings (SSSR count). The second-order valence-electron chi connectivity index (χ2n) is 5.90. The van der Waals surface area contributed by atoms with E-state index >= 15 is 0 Å². The molecule has 4 heteroatoms. The Morgan fingerprint density at radius 1 is 0.923 bits per heavy atom. The molecule has 2 aromatic rings. The van der Waals surface area contributed by atoms with E-state index in [4.69, 9.17) is 9.84 Å². The molecular weight excluding hydrogens is 328 g/mol. The summed E-state index contributed by atoms with van der Waals surface area (Å²) in [6, 6.07) is 15.7. The van der Waals surface area contributed by atoms with Gasteiger partial charge in [-0.2, -0.15) is 0 Å². The van der Waals surface area contributed by atoms with E-state index in [0.717, 1.165) is 11.1 Å². The molecule has 0 spiro atoms. The zero-order valence-electron chi connectivity index (χ0n) is 15.8. The maximum atomic E-state index is 10.1. The Labute approximate surface area is 155 Å². The number of carboxylic acids is 1. The Kier molecular flexibility index (Phi) is 10.8. The van der Waals surface area contributed by atoms with Crippen LogP contribution in [0.25, 0.3) is 11.1 Å². The van der Waals surface area contributed by atoms with Gasteiger partial charge in [-0.1, -0.05) is 54.1 Å². The average Bonchev–Trinajstić information content (AvgIpc) is 2.57. The summed E-state index contributed by atoms with van der Waals surface area (Å²) >= 11 is 0. The van der Waals surface area contributed by atoms with E-state index in [1.54, 1.807) is 12.1 Å². The quantitative estimate of drug-likeness (QED) is 0.452. The lowest BCUT2D eigenvalue weighted by Crippen LogP contribution is -1.92. The van der Waals surface area contributed by atoms with Crippen molar-refractivity contribution in [3.8, 4) is 16.9 Å². The maximum Gasteiger partial charge on any atom is 0.330 e. The van der Waals surface area contributed by atoms with Crippen molar-refractivity contribution in [2.24, 2.45) is 0 Å². The first-order chi connectivity index (χ1) is 12.2. The molecule has 1 N–H and O–H groups in total. The van der Waals surface area contributed by atoms with E-state index in [2.05, 4.69) is 44.3 Å². The summed E-state index contributed by atoms with van der Waals surface area (Å²) in [6.45, 7) is 14.6. The van der Waals surface area contributed by atoms with Crippen LogP contribution in [0.15, 0.2) is 72.8 Å². The van der Waals surface area contributed by atoms with E-state index in [1.807, 2.05) is 26.0 Å². The van der Waals surface area contributed by atoms with Crippen LogP contribution in [0.5, 0.6) is 5.75 Å². The number of allylic oxidation sites excluding steroid dienone is 1. The van der Waals surface area contributed by atoms with Crippen LogP contribution in [0.1, 0.15) is 26.3 Å². The van der Waals surface area contributed by atoms with Gasteiger partial charge in [0.15, 0.2) is 0 Å². The smallest absolute Gasteiger partial charge is 0.330 e. The largest absolute Gasteiger partial charge is 0.478 e. The van der Waals surface area contributed by atoms with E-state index < -0.39 is 5.97 Å². The first-order valence-corrected chi connectivity index (χ1v) is 7.95. The topological polar surface area (TPSA) is 63.6 Å². The summed E-state index contributed by atoms with van der Waals surface area (Å²) in [5, 5.41) is 7.89. The fraction of sp³-hybridized carbons (Fsp3) is 0.182. The maximum absolute atomic E-state index is 10.1. The molecule has 0 bridgehead atoms. The van der Waals surface area contributed by atoms with Gasteiger partial charge in [0, 0.05) is 5.57 Å². The van der Waals surface area contributed by atoms with Gasteiger partial charge < -0.3 is 9.84 Å². The van der Waals surface area contributed by atoms with Crippen molar-refractivity contribution in [3.63, 3.8) is 0 Å². The number of carbonyl (C=O) groups excluding carboxylic acids is 1. The highest BCUT2D eigenvalue weighted by molar-refractivity contribution is 5.84. The van der Waals surface area contributed by atoms with Crippen molar-refractivity contribution in [2.75, 3.05) is 0 Å². The lowest BCUT2D eigenvalue weighted by Gasteiger charge is -2.03. The first kappa shape index (κ1) is 22.9. The molecule has 0 unspecified atom stereocenters. The molecule has 0 aliphatic rings. The number of ether oxygens (including phenoxy) is 1. The lowest BCUT2D eigenvalue weighted by molar-refractivity contribution is -0.132. The highest BCUT2D eigenvalue weighted by Gasteiger charge is 1.98. The molecule has 0 amide bonds. The molecule has 138 valence electrons. The van der Waals surface area contributed by atoms with Gasteiger partial charge in [-0.05, 0) is 51.0 Å². The Morgan fingerprint density at radius 3 is 1.58 bits per heavy atom. The van der Waals surface area contributed by atoms with Crippen LogP contribution in [0.3, 0.4) is 0 Å². The van der Waals surface area contributed by atoms with Crippen LogP contribution in [0, 0.1) is 6.92 Å². The molecule has 0 fully saturated rings. The van der Waals surface area contributed by atoms with Gasteiger partial charge in [0.1, 0.15) is 5.75 Å². The predicted octanol–water partition coefficient (Wildman–Crippen LogP) is 5.43. The van der Waals surface area contributed by atoms with Gasteiger partial charge in [-0.3, -0.25) is 4.79 Å². The number of rotatable bonds is 4. The van der Waals surface area contributed by atoms with Crippen molar-refractivity contribution in [1.82, 2.24) is 0 Å². The minimum Gasteiger partial charge on any atom is -0.478 e. The van der Waals surface area contributed by atoms with E-state index in [-0.39, 0.29) is 5.57 Å². The third-order valence-corrected chi connectivity index (χ3v) is 2.79. The molecule has 0 saturated carbocycles. The summed E-state index contributed by atoms with van der Waals surface area (Å²) in [7, 11) is 0. The minimum atomic E-state index is -0.935. The van der Waals surface area contributed by atoms with Crippen LogP contribution in [0.2, 0.25) is 0 Å². The van der Waals surface area contributed by atoms with Crippen molar-refractivity contribution in [3.05, 3.63) is 78.4 Å². The average molecular weight is 354 g/mol. The second-order valence-corrected chi connectivity index (χ2v) is 5.90. The third kappa shape index (κ3) is 10.6. The summed E-state index contributed by atoms with van der Waals surface area (Å²) in [5.74, 6) is -0.374. The summed E-state index contributed by atoms with van der Waals surface area (Å²) in [4.78, 5) is 19.7. The summed E-state index contributed by atoms with van der Waals surface area (Å²) < 4.78 is 4.74. The first-order valence-electron chi connectivity index (χ1n) is 7.95. The third-order valence-electron chi connectivity index (χ3n) is 2.79. The minimum absolute atomic E-state index is 0.176. The predicted molar refractivity (Wildman–Crippen MR) is 106 cm³/mol. The van der Waals surface area contributed by atoms with Gasteiger partial charge >= 0.3 is 5.97 Å². The molecule has 26 heavy (non-hydrogen) atoms. The standard InChI is InChI=1S/C14H12O2.C4H6O2.C4H8/c1-11-2-4-12(5-3-11)13-6-8-14(9-7-13)16-10-15;1-3(2)4(5)6;1-4(2)3/h2-10H,1H3;1H2,2H3,(H,5,6);1H2,2-3H3. The van der Waals surface area contributed by atoms with Crippen LogP contribution in [-0.2, 0) is 9.59 Å². The fourth-order valence-electron chi connectivity index (χ4n) is 1.53. The normalized spacial score (nSPS) is 8.77. The van der Waals surface area contributed by atoms with Crippen molar-refractivity contribution in [2.45, 2.75) is 27.7 Å². The number of benzene rings is 2. The molecule has 0 aliphatic heterocycles. The zero-order valence-corrected chi connectivity index (χ0v) is 15.8. The SMILES string of the molecule is C=C(C)C.C=C(C)C(=O)O.Cc1ccc(-c2ccc(OC=O)cc2)cc1. The molecule has 0 heterocycles. The summed E-state index contributed by atoms with van der Waals surface area (Å²) in [5.41, 5.74) is 4.85. The number of hydrogen-bond acceptors (Lipinski definition) is 3. The Hall–Kier alpha value is -3.14. The van der Waals surface area contributed by atoms with Gasteiger partial charge in [-0.15, -0.1) is 6.58 Å². The molecule has 0 aliphatic carbocycles. The molecule has 0 radical (unpaired) electrons. The fourth-order valence-corrected chi connectivity index (χ4v) is 1.53. The number of carbonyl (C=O) groups is 2. The second kappa shape index (κ2) is 12.3. The highest BCUT2D eigenvalue weighted by Crippen LogP contribution is 2.22.